The third-order valence-corrected chi connectivity index (χ3v) is 4.08. The molecule has 1 heterocycles. The molecule has 0 saturated carbocycles. The minimum Gasteiger partial charge on any atom is -0.395 e. The molecule has 0 amide bonds. The summed E-state index contributed by atoms with van der Waals surface area (Å²) in [5.41, 5.74) is -0.993. The van der Waals surface area contributed by atoms with Crippen molar-refractivity contribution in [2.45, 2.75) is 19.6 Å². The monoisotopic (exact) mass is 273 g/mol. The molecule has 1 N–H and O–H groups in total. The Labute approximate surface area is 110 Å². The van der Waals surface area contributed by atoms with Gasteiger partial charge < -0.3 is 5.11 Å². The standard InChI is InChI=1S/C14H18F3NO/c1-11-7-18(8-12-5-3-2-4-6-12)9-13(11,10-19)14(15,16)17/h2-6,11,19H,7-10H2,1H3. The van der Waals surface area contributed by atoms with Gasteiger partial charge in [0.25, 0.3) is 0 Å². The number of halogens is 3. The van der Waals surface area contributed by atoms with Gasteiger partial charge in [0, 0.05) is 19.6 Å². The SMILES string of the molecule is CC1CN(Cc2ccccc2)CC1(CO)C(F)(F)F. The second-order valence-corrected chi connectivity index (χ2v) is 5.37. The lowest BCUT2D eigenvalue weighted by Crippen LogP contribution is -2.47. The van der Waals surface area contributed by atoms with Gasteiger partial charge in [0.2, 0.25) is 0 Å². The van der Waals surface area contributed by atoms with Gasteiger partial charge in [-0.15, -0.1) is 0 Å². The molecule has 2 nitrogen and oxygen atoms in total. The second kappa shape index (κ2) is 5.13. The van der Waals surface area contributed by atoms with Crippen LogP contribution in [0.5, 0.6) is 0 Å². The van der Waals surface area contributed by atoms with Gasteiger partial charge in [-0.05, 0) is 11.5 Å². The number of alkyl halides is 3. The van der Waals surface area contributed by atoms with Crippen LogP contribution in [-0.4, -0.2) is 35.9 Å². The van der Waals surface area contributed by atoms with Gasteiger partial charge in [0.15, 0.2) is 0 Å². The summed E-state index contributed by atoms with van der Waals surface area (Å²) in [4.78, 5) is 1.77. The molecule has 19 heavy (non-hydrogen) atoms. The quantitative estimate of drug-likeness (QED) is 0.915. The Kier molecular flexibility index (Phi) is 3.87. The van der Waals surface area contributed by atoms with Crippen molar-refractivity contribution in [1.82, 2.24) is 4.90 Å². The smallest absolute Gasteiger partial charge is 0.395 e. The molecule has 2 unspecified atom stereocenters. The van der Waals surface area contributed by atoms with Crippen LogP contribution < -0.4 is 0 Å². The average Bonchev–Trinajstić information content (AvgIpc) is 2.67. The molecule has 1 aromatic rings. The third-order valence-electron chi connectivity index (χ3n) is 4.08. The van der Waals surface area contributed by atoms with E-state index in [1.807, 2.05) is 30.3 Å². The van der Waals surface area contributed by atoms with E-state index in [1.165, 1.54) is 0 Å². The lowest BCUT2D eigenvalue weighted by atomic mass is 9.79. The molecule has 0 radical (unpaired) electrons. The van der Waals surface area contributed by atoms with E-state index in [4.69, 9.17) is 0 Å². The molecule has 1 aliphatic heterocycles. The highest BCUT2D eigenvalue weighted by atomic mass is 19.4. The molecule has 1 fully saturated rings. The molecule has 106 valence electrons. The Bertz CT molecular complexity index is 420. The summed E-state index contributed by atoms with van der Waals surface area (Å²) < 4.78 is 39.6. The van der Waals surface area contributed by atoms with Crippen LogP contribution in [0.2, 0.25) is 0 Å². The second-order valence-electron chi connectivity index (χ2n) is 5.37. The highest BCUT2D eigenvalue weighted by Crippen LogP contribution is 2.48. The highest BCUT2D eigenvalue weighted by Gasteiger charge is 2.61. The Balaban J connectivity index is 2.13. The van der Waals surface area contributed by atoms with E-state index >= 15 is 0 Å². The van der Waals surface area contributed by atoms with Gasteiger partial charge in [-0.2, -0.15) is 13.2 Å². The molecule has 1 aromatic carbocycles. The summed E-state index contributed by atoms with van der Waals surface area (Å²) in [6.07, 6.45) is -4.37. The fourth-order valence-electron chi connectivity index (χ4n) is 2.81. The van der Waals surface area contributed by atoms with Crippen LogP contribution in [0.4, 0.5) is 13.2 Å². The number of rotatable bonds is 3. The third kappa shape index (κ3) is 2.62. The number of aliphatic hydroxyl groups excluding tert-OH is 1. The lowest BCUT2D eigenvalue weighted by molar-refractivity contribution is -0.242. The van der Waals surface area contributed by atoms with E-state index in [9.17, 15) is 18.3 Å². The number of nitrogens with zero attached hydrogens (tertiary/aromatic N) is 1. The fourth-order valence-corrected chi connectivity index (χ4v) is 2.81. The van der Waals surface area contributed by atoms with Crippen LogP contribution in [0.15, 0.2) is 30.3 Å². The molecular formula is C14H18F3NO. The van der Waals surface area contributed by atoms with E-state index in [1.54, 1.807) is 11.8 Å². The fraction of sp³-hybridized carbons (Fsp3) is 0.571. The first-order valence-electron chi connectivity index (χ1n) is 6.33. The number of aliphatic hydroxyl groups is 1. The van der Waals surface area contributed by atoms with Gasteiger partial charge in [-0.25, -0.2) is 0 Å². The van der Waals surface area contributed by atoms with Crippen molar-refractivity contribution in [1.29, 1.82) is 0 Å². The molecule has 5 heteroatoms. The molecule has 0 aromatic heterocycles. The summed E-state index contributed by atoms with van der Waals surface area (Å²) >= 11 is 0. The van der Waals surface area contributed by atoms with Crippen LogP contribution in [-0.2, 0) is 6.54 Å². The van der Waals surface area contributed by atoms with E-state index < -0.39 is 24.1 Å². The van der Waals surface area contributed by atoms with E-state index in [-0.39, 0.29) is 6.54 Å². The first-order chi connectivity index (χ1) is 8.89. The van der Waals surface area contributed by atoms with Gasteiger partial charge >= 0.3 is 6.18 Å². The maximum Gasteiger partial charge on any atom is 0.398 e. The van der Waals surface area contributed by atoms with Crippen LogP contribution in [0.25, 0.3) is 0 Å². The Morgan fingerprint density at radius 3 is 2.42 bits per heavy atom. The van der Waals surface area contributed by atoms with Gasteiger partial charge in [-0.3, -0.25) is 4.90 Å². The number of likely N-dealkylation sites (tertiary alicyclic amines) is 1. The largest absolute Gasteiger partial charge is 0.398 e. The van der Waals surface area contributed by atoms with Gasteiger partial charge in [-0.1, -0.05) is 37.3 Å². The average molecular weight is 273 g/mol. The van der Waals surface area contributed by atoms with Crippen molar-refractivity contribution >= 4 is 0 Å². The Morgan fingerprint density at radius 2 is 1.95 bits per heavy atom. The predicted octanol–water partition coefficient (Wildman–Crippen LogP) is 2.68. The summed E-state index contributed by atoms with van der Waals surface area (Å²) in [5.74, 6) is -0.596. The van der Waals surface area contributed by atoms with E-state index in [0.717, 1.165) is 5.56 Å². The van der Waals surface area contributed by atoms with Gasteiger partial charge in [0.05, 0.1) is 6.61 Å². The van der Waals surface area contributed by atoms with Crippen LogP contribution in [0, 0.1) is 11.3 Å². The molecule has 2 atom stereocenters. The zero-order valence-corrected chi connectivity index (χ0v) is 10.8. The van der Waals surface area contributed by atoms with Crippen molar-refractivity contribution in [3.05, 3.63) is 35.9 Å². The van der Waals surface area contributed by atoms with Crippen LogP contribution >= 0.6 is 0 Å². The highest BCUT2D eigenvalue weighted by molar-refractivity contribution is 5.15. The number of hydrogen-bond donors (Lipinski definition) is 1. The summed E-state index contributed by atoms with van der Waals surface area (Å²) in [5, 5.41) is 9.26. The van der Waals surface area contributed by atoms with Crippen LogP contribution in [0.3, 0.4) is 0 Å². The molecule has 0 aliphatic carbocycles. The normalized spacial score (nSPS) is 28.8. The Morgan fingerprint density at radius 1 is 1.32 bits per heavy atom. The maximum atomic E-state index is 13.2. The van der Waals surface area contributed by atoms with Crippen molar-refractivity contribution in [3.63, 3.8) is 0 Å². The predicted molar refractivity (Wildman–Crippen MR) is 66.5 cm³/mol. The number of benzene rings is 1. The zero-order chi connectivity index (χ0) is 14.1. The van der Waals surface area contributed by atoms with Crippen molar-refractivity contribution in [2.75, 3.05) is 19.7 Å². The van der Waals surface area contributed by atoms with E-state index in [0.29, 0.717) is 13.1 Å². The molecule has 1 aliphatic rings. The summed E-state index contributed by atoms with van der Waals surface area (Å²) in [6.45, 7) is 1.43. The number of hydrogen-bond acceptors (Lipinski definition) is 2. The van der Waals surface area contributed by atoms with Crippen molar-refractivity contribution < 1.29 is 18.3 Å². The topological polar surface area (TPSA) is 23.5 Å². The first kappa shape index (κ1) is 14.3. The molecule has 0 spiro atoms. The van der Waals surface area contributed by atoms with Crippen LogP contribution in [0.1, 0.15) is 12.5 Å². The molecule has 2 rings (SSSR count). The molecular weight excluding hydrogens is 255 g/mol. The molecule has 0 bridgehead atoms. The Hall–Kier alpha value is -1.07. The lowest BCUT2D eigenvalue weighted by Gasteiger charge is -2.33. The zero-order valence-electron chi connectivity index (χ0n) is 10.8. The van der Waals surface area contributed by atoms with E-state index in [2.05, 4.69) is 0 Å². The van der Waals surface area contributed by atoms with Crippen molar-refractivity contribution in [3.8, 4) is 0 Å². The van der Waals surface area contributed by atoms with Gasteiger partial charge in [0.1, 0.15) is 5.41 Å². The van der Waals surface area contributed by atoms with Crippen molar-refractivity contribution in [2.24, 2.45) is 11.3 Å². The summed E-state index contributed by atoms with van der Waals surface area (Å²) in [7, 11) is 0. The first-order valence-corrected chi connectivity index (χ1v) is 6.33. The minimum absolute atomic E-state index is 0.136. The molecule has 1 saturated heterocycles. The maximum absolute atomic E-state index is 13.2. The summed E-state index contributed by atoms with van der Waals surface area (Å²) in [6, 6.07) is 9.42. The minimum atomic E-state index is -4.37.